The maximum absolute atomic E-state index is 12.5. The highest BCUT2D eigenvalue weighted by atomic mass is 16.2. The van der Waals surface area contributed by atoms with Gasteiger partial charge in [0.05, 0.1) is 12.1 Å². The second kappa shape index (κ2) is 5.94. The first-order valence-electron chi connectivity index (χ1n) is 7.69. The first kappa shape index (κ1) is 13.6. The Morgan fingerprint density at radius 3 is 2.80 bits per heavy atom. The van der Waals surface area contributed by atoms with Crippen molar-refractivity contribution in [3.8, 4) is 0 Å². The van der Waals surface area contributed by atoms with Gasteiger partial charge in [0.25, 0.3) is 0 Å². The zero-order valence-corrected chi connectivity index (χ0v) is 12.1. The normalized spacial score (nSPS) is 19.7. The molecule has 0 aromatic heterocycles. The Hall–Kier alpha value is -1.39. The number of rotatable bonds is 4. The van der Waals surface area contributed by atoms with E-state index in [1.165, 1.54) is 0 Å². The summed E-state index contributed by atoms with van der Waals surface area (Å²) >= 11 is 0. The topological polar surface area (TPSA) is 35.6 Å². The molecule has 0 radical (unpaired) electrons. The lowest BCUT2D eigenvalue weighted by atomic mass is 10.1. The lowest BCUT2D eigenvalue weighted by molar-refractivity contribution is -0.121. The lowest BCUT2D eigenvalue weighted by Gasteiger charge is -2.40. The molecule has 4 heteroatoms. The monoisotopic (exact) mass is 273 g/mol. The standard InChI is InChI=1S/C16H23N3O/c1-2-11-18(14-7-9-17-10-8-14)19-15-6-4-3-5-13(15)12-16(19)20/h3-6,14,17H,2,7-12H2,1H3. The molecule has 0 saturated carbocycles. The van der Waals surface area contributed by atoms with Crippen LogP contribution in [0, 0.1) is 0 Å². The maximum atomic E-state index is 12.5. The Labute approximate surface area is 120 Å². The van der Waals surface area contributed by atoms with Crippen molar-refractivity contribution in [1.82, 2.24) is 10.3 Å². The van der Waals surface area contributed by atoms with Gasteiger partial charge in [0.15, 0.2) is 0 Å². The first-order chi connectivity index (χ1) is 9.81. The van der Waals surface area contributed by atoms with Crippen LogP contribution in [-0.2, 0) is 11.2 Å². The number of nitrogens with one attached hydrogen (secondary N) is 1. The third kappa shape index (κ3) is 2.45. The molecule has 0 spiro atoms. The molecule has 2 heterocycles. The number of nitrogens with zero attached hydrogens (tertiary/aromatic N) is 2. The fraction of sp³-hybridized carbons (Fsp3) is 0.562. The lowest BCUT2D eigenvalue weighted by Crippen LogP contribution is -2.53. The molecule has 2 aliphatic rings. The predicted octanol–water partition coefficient (Wildman–Crippen LogP) is 1.95. The van der Waals surface area contributed by atoms with Crippen LogP contribution < -0.4 is 10.3 Å². The number of carbonyl (C=O) groups excluding carboxylic acids is 1. The summed E-state index contributed by atoms with van der Waals surface area (Å²) in [5.74, 6) is 0.221. The minimum absolute atomic E-state index is 0.221. The number of hydrogen-bond acceptors (Lipinski definition) is 3. The molecule has 4 nitrogen and oxygen atoms in total. The third-order valence-electron chi connectivity index (χ3n) is 4.24. The van der Waals surface area contributed by atoms with Crippen molar-refractivity contribution in [3.05, 3.63) is 29.8 Å². The largest absolute Gasteiger partial charge is 0.317 e. The molecule has 1 saturated heterocycles. The highest BCUT2D eigenvalue weighted by Crippen LogP contribution is 2.32. The van der Waals surface area contributed by atoms with E-state index in [0.29, 0.717) is 12.5 Å². The second-order valence-corrected chi connectivity index (χ2v) is 5.66. The molecule has 0 bridgehead atoms. The van der Waals surface area contributed by atoms with Gasteiger partial charge in [-0.1, -0.05) is 25.1 Å². The molecule has 0 atom stereocenters. The number of fused-ring (bicyclic) bond motifs is 1. The summed E-state index contributed by atoms with van der Waals surface area (Å²) in [5, 5.41) is 7.67. The average molecular weight is 273 g/mol. The Balaban J connectivity index is 1.88. The Bertz CT molecular complexity index is 482. The smallest absolute Gasteiger partial charge is 0.246 e. The molecule has 108 valence electrons. The molecule has 1 amide bonds. The SMILES string of the molecule is CCCN(C1CCNCC1)N1C(=O)Cc2ccccc21. The van der Waals surface area contributed by atoms with E-state index in [1.807, 2.05) is 17.1 Å². The van der Waals surface area contributed by atoms with Crippen LogP contribution in [0.5, 0.6) is 0 Å². The van der Waals surface area contributed by atoms with Crippen LogP contribution in [0.4, 0.5) is 5.69 Å². The van der Waals surface area contributed by atoms with E-state index in [4.69, 9.17) is 0 Å². The minimum Gasteiger partial charge on any atom is -0.317 e. The Kier molecular flexibility index (Phi) is 4.03. The van der Waals surface area contributed by atoms with E-state index >= 15 is 0 Å². The molecular formula is C16H23N3O. The van der Waals surface area contributed by atoms with Crippen molar-refractivity contribution in [3.63, 3.8) is 0 Å². The number of benzene rings is 1. The predicted molar refractivity (Wildman–Crippen MR) is 80.5 cm³/mol. The number of hydrazine groups is 1. The highest BCUT2D eigenvalue weighted by molar-refractivity contribution is 6.00. The number of carbonyl (C=O) groups is 1. The summed E-state index contributed by atoms with van der Waals surface area (Å²) in [6.07, 6.45) is 3.84. The number of amides is 1. The van der Waals surface area contributed by atoms with Crippen molar-refractivity contribution in [1.29, 1.82) is 0 Å². The molecule has 0 unspecified atom stereocenters. The number of hydrogen-bond donors (Lipinski definition) is 1. The van der Waals surface area contributed by atoms with Crippen molar-refractivity contribution >= 4 is 11.6 Å². The maximum Gasteiger partial charge on any atom is 0.246 e. The van der Waals surface area contributed by atoms with E-state index in [-0.39, 0.29) is 5.91 Å². The van der Waals surface area contributed by atoms with Gasteiger partial charge in [-0.2, -0.15) is 0 Å². The highest BCUT2D eigenvalue weighted by Gasteiger charge is 2.35. The van der Waals surface area contributed by atoms with Gasteiger partial charge in [-0.05, 0) is 44.0 Å². The molecule has 1 aromatic rings. The van der Waals surface area contributed by atoms with Gasteiger partial charge < -0.3 is 5.32 Å². The van der Waals surface area contributed by atoms with Crippen molar-refractivity contribution in [2.24, 2.45) is 0 Å². The van der Waals surface area contributed by atoms with Crippen LogP contribution in [0.1, 0.15) is 31.7 Å². The van der Waals surface area contributed by atoms with Gasteiger partial charge in [-0.3, -0.25) is 4.79 Å². The number of para-hydroxylation sites is 1. The number of anilines is 1. The van der Waals surface area contributed by atoms with Gasteiger partial charge in [-0.15, -0.1) is 0 Å². The van der Waals surface area contributed by atoms with E-state index in [0.717, 1.165) is 50.1 Å². The van der Waals surface area contributed by atoms with Gasteiger partial charge in [0.1, 0.15) is 0 Å². The van der Waals surface area contributed by atoms with E-state index in [2.05, 4.69) is 29.4 Å². The van der Waals surface area contributed by atoms with Crippen LogP contribution in [0.2, 0.25) is 0 Å². The average Bonchev–Trinajstić information content (AvgIpc) is 2.82. The van der Waals surface area contributed by atoms with E-state index in [1.54, 1.807) is 0 Å². The summed E-state index contributed by atoms with van der Waals surface area (Å²) < 4.78 is 0. The Morgan fingerprint density at radius 1 is 1.30 bits per heavy atom. The third-order valence-corrected chi connectivity index (χ3v) is 4.24. The molecule has 20 heavy (non-hydrogen) atoms. The second-order valence-electron chi connectivity index (χ2n) is 5.66. The van der Waals surface area contributed by atoms with Crippen LogP contribution >= 0.6 is 0 Å². The van der Waals surface area contributed by atoms with Crippen LogP contribution in [0.15, 0.2) is 24.3 Å². The van der Waals surface area contributed by atoms with Crippen molar-refractivity contribution < 1.29 is 4.79 Å². The molecule has 2 aliphatic heterocycles. The molecule has 0 aliphatic carbocycles. The molecule has 1 aromatic carbocycles. The van der Waals surface area contributed by atoms with Gasteiger partial charge in [-0.25, -0.2) is 10.0 Å². The molecule has 1 fully saturated rings. The van der Waals surface area contributed by atoms with Crippen molar-refractivity contribution in [2.75, 3.05) is 24.6 Å². The van der Waals surface area contributed by atoms with E-state index in [9.17, 15) is 4.79 Å². The minimum atomic E-state index is 0.221. The molecular weight excluding hydrogens is 250 g/mol. The molecule has 1 N–H and O–H groups in total. The van der Waals surface area contributed by atoms with Crippen LogP contribution in [-0.4, -0.2) is 36.6 Å². The first-order valence-corrected chi connectivity index (χ1v) is 7.69. The summed E-state index contributed by atoms with van der Waals surface area (Å²) in [7, 11) is 0. The van der Waals surface area contributed by atoms with Crippen LogP contribution in [0.3, 0.4) is 0 Å². The fourth-order valence-corrected chi connectivity index (χ4v) is 3.30. The van der Waals surface area contributed by atoms with Gasteiger partial charge >= 0.3 is 0 Å². The quantitative estimate of drug-likeness (QED) is 0.911. The fourth-order valence-electron chi connectivity index (χ4n) is 3.30. The Morgan fingerprint density at radius 2 is 2.05 bits per heavy atom. The van der Waals surface area contributed by atoms with Crippen LogP contribution in [0.25, 0.3) is 0 Å². The zero-order valence-electron chi connectivity index (χ0n) is 12.1. The van der Waals surface area contributed by atoms with Crippen molar-refractivity contribution in [2.45, 2.75) is 38.6 Å². The number of piperidine rings is 1. The van der Waals surface area contributed by atoms with Gasteiger partial charge in [0, 0.05) is 12.6 Å². The van der Waals surface area contributed by atoms with Gasteiger partial charge in [0.2, 0.25) is 5.91 Å². The van der Waals surface area contributed by atoms with E-state index < -0.39 is 0 Å². The summed E-state index contributed by atoms with van der Waals surface area (Å²) in [5.41, 5.74) is 2.25. The summed E-state index contributed by atoms with van der Waals surface area (Å²) in [6.45, 7) is 5.23. The summed E-state index contributed by atoms with van der Waals surface area (Å²) in [4.78, 5) is 12.5. The molecule has 3 rings (SSSR count). The zero-order chi connectivity index (χ0) is 13.9. The summed E-state index contributed by atoms with van der Waals surface area (Å²) in [6, 6.07) is 8.66.